The fraction of sp³-hybridized carbons (Fsp3) is 0.375. The molecular weight excluding hydrogens is 250 g/mol. The number of allylic oxidation sites excluding steroid dienone is 1. The van der Waals surface area contributed by atoms with Crippen LogP contribution in [0, 0.1) is 10.8 Å². The summed E-state index contributed by atoms with van der Waals surface area (Å²) in [5, 5.41) is 8.30. The second kappa shape index (κ2) is 5.12. The number of hydrogen-bond acceptors (Lipinski definition) is 2. The van der Waals surface area contributed by atoms with Gasteiger partial charge < -0.3 is 9.13 Å². The zero-order chi connectivity index (χ0) is 14.9. The predicted molar refractivity (Wildman–Crippen MR) is 80.4 cm³/mol. The van der Waals surface area contributed by atoms with Crippen molar-refractivity contribution in [1.82, 2.24) is 9.13 Å². The van der Waals surface area contributed by atoms with E-state index >= 15 is 0 Å². The maximum Gasteiger partial charge on any atom is 0.203 e. The van der Waals surface area contributed by atoms with Crippen LogP contribution in [-0.4, -0.2) is 14.9 Å². The Hall–Kier alpha value is -2.10. The number of hydrogen-bond donors (Lipinski definition) is 1. The molecule has 0 aliphatic heterocycles. The van der Waals surface area contributed by atoms with Crippen LogP contribution in [-0.2, 0) is 17.9 Å². The molecule has 1 N–H and O–H groups in total. The molecule has 20 heavy (non-hydrogen) atoms. The number of imidazole rings is 1. The number of ketones is 1. The van der Waals surface area contributed by atoms with Crippen molar-refractivity contribution in [2.75, 3.05) is 0 Å². The molecule has 0 spiro atoms. The smallest absolute Gasteiger partial charge is 0.203 e. The van der Waals surface area contributed by atoms with Crippen molar-refractivity contribution < 1.29 is 4.79 Å². The van der Waals surface area contributed by atoms with Gasteiger partial charge in [0.1, 0.15) is 0 Å². The molecule has 1 heterocycles. The molecule has 1 aromatic carbocycles. The van der Waals surface area contributed by atoms with Crippen LogP contribution in [0.1, 0.15) is 20.8 Å². The fourth-order valence-corrected chi connectivity index (χ4v) is 2.15. The van der Waals surface area contributed by atoms with Crippen molar-refractivity contribution >= 4 is 16.8 Å². The molecule has 0 saturated carbocycles. The molecule has 2 aromatic rings. The van der Waals surface area contributed by atoms with Crippen LogP contribution in [0.3, 0.4) is 0 Å². The molecule has 4 nitrogen and oxygen atoms in total. The van der Waals surface area contributed by atoms with Crippen molar-refractivity contribution in [3.63, 3.8) is 0 Å². The number of para-hydroxylation sites is 2. The lowest BCUT2D eigenvalue weighted by Crippen LogP contribution is -2.31. The van der Waals surface area contributed by atoms with Crippen LogP contribution in [0.5, 0.6) is 0 Å². The minimum atomic E-state index is -0.402. The normalized spacial score (nSPS) is 11.8. The number of carbonyl (C=O) groups is 1. The Morgan fingerprint density at radius 3 is 2.30 bits per heavy atom. The van der Waals surface area contributed by atoms with Crippen molar-refractivity contribution in [1.29, 1.82) is 5.41 Å². The fourth-order valence-electron chi connectivity index (χ4n) is 2.15. The third-order valence-electron chi connectivity index (χ3n) is 3.42. The first kappa shape index (κ1) is 14.3. The number of benzene rings is 1. The van der Waals surface area contributed by atoms with Crippen LogP contribution in [0.15, 0.2) is 36.9 Å². The summed E-state index contributed by atoms with van der Waals surface area (Å²) < 4.78 is 3.63. The first-order valence-corrected chi connectivity index (χ1v) is 6.73. The van der Waals surface area contributed by atoms with Crippen LogP contribution < -0.4 is 5.62 Å². The molecule has 106 valence electrons. The molecule has 1 aromatic heterocycles. The van der Waals surface area contributed by atoms with Gasteiger partial charge >= 0.3 is 0 Å². The summed E-state index contributed by atoms with van der Waals surface area (Å²) in [6.45, 7) is 10.2. The van der Waals surface area contributed by atoms with Gasteiger partial charge in [0, 0.05) is 12.0 Å². The number of aromatic nitrogens is 2. The van der Waals surface area contributed by atoms with Gasteiger partial charge in [0.05, 0.1) is 17.6 Å². The summed E-state index contributed by atoms with van der Waals surface area (Å²) in [5.74, 6) is 0.123. The number of nitrogens with zero attached hydrogens (tertiary/aromatic N) is 2. The summed E-state index contributed by atoms with van der Waals surface area (Å²) in [5.41, 5.74) is 1.81. The van der Waals surface area contributed by atoms with Gasteiger partial charge in [0.25, 0.3) is 0 Å². The van der Waals surface area contributed by atoms with E-state index in [1.165, 1.54) is 0 Å². The maximum atomic E-state index is 12.3. The molecule has 0 atom stereocenters. The van der Waals surface area contributed by atoms with Gasteiger partial charge in [0.2, 0.25) is 5.62 Å². The second-order valence-corrected chi connectivity index (χ2v) is 5.97. The highest BCUT2D eigenvalue weighted by Crippen LogP contribution is 2.18. The van der Waals surface area contributed by atoms with Crippen LogP contribution >= 0.6 is 0 Å². The number of nitrogens with one attached hydrogen (secondary N) is 1. The topological polar surface area (TPSA) is 50.8 Å². The SMILES string of the molecule is C=CCn1c(=N)n(CC(=O)C(C)(C)C)c2ccccc21. The molecule has 0 bridgehead atoms. The lowest BCUT2D eigenvalue weighted by Gasteiger charge is -2.17. The Morgan fingerprint density at radius 1 is 1.25 bits per heavy atom. The Labute approximate surface area is 118 Å². The van der Waals surface area contributed by atoms with Crippen molar-refractivity contribution in [2.45, 2.75) is 33.9 Å². The summed E-state index contributed by atoms with van der Waals surface area (Å²) >= 11 is 0. The van der Waals surface area contributed by atoms with Gasteiger partial charge in [-0.05, 0) is 12.1 Å². The number of rotatable bonds is 4. The third-order valence-corrected chi connectivity index (χ3v) is 3.42. The van der Waals surface area contributed by atoms with Gasteiger partial charge in [-0.1, -0.05) is 39.0 Å². The quantitative estimate of drug-likeness (QED) is 0.854. The van der Waals surface area contributed by atoms with E-state index in [1.54, 1.807) is 10.6 Å². The van der Waals surface area contributed by atoms with E-state index in [9.17, 15) is 4.79 Å². The second-order valence-electron chi connectivity index (χ2n) is 5.97. The first-order valence-electron chi connectivity index (χ1n) is 6.73. The van der Waals surface area contributed by atoms with Gasteiger partial charge in [-0.15, -0.1) is 6.58 Å². The Kier molecular flexibility index (Phi) is 3.66. The molecule has 0 unspecified atom stereocenters. The molecule has 0 amide bonds. The van der Waals surface area contributed by atoms with Crippen molar-refractivity contribution in [3.8, 4) is 0 Å². The zero-order valence-electron chi connectivity index (χ0n) is 12.3. The molecule has 0 radical (unpaired) electrons. The third kappa shape index (κ3) is 2.46. The van der Waals surface area contributed by atoms with E-state index in [-0.39, 0.29) is 12.3 Å². The van der Waals surface area contributed by atoms with E-state index in [0.29, 0.717) is 12.2 Å². The number of Topliss-reactive ketones (excluding diaryl/α,β-unsaturated/α-hetero) is 1. The predicted octanol–water partition coefficient (Wildman–Crippen LogP) is 2.72. The summed E-state index contributed by atoms with van der Waals surface area (Å²) in [4.78, 5) is 12.3. The average molecular weight is 271 g/mol. The Morgan fingerprint density at radius 2 is 1.80 bits per heavy atom. The largest absolute Gasteiger partial charge is 0.307 e. The lowest BCUT2D eigenvalue weighted by molar-refractivity contribution is -0.126. The Balaban J connectivity index is 2.59. The molecule has 0 aliphatic carbocycles. The van der Waals surface area contributed by atoms with E-state index in [0.717, 1.165) is 11.0 Å². The van der Waals surface area contributed by atoms with Crippen LogP contribution in [0.25, 0.3) is 11.0 Å². The van der Waals surface area contributed by atoms with Gasteiger partial charge in [0.15, 0.2) is 5.78 Å². The van der Waals surface area contributed by atoms with Gasteiger partial charge in [-0.25, -0.2) is 0 Å². The van der Waals surface area contributed by atoms with Crippen molar-refractivity contribution in [3.05, 3.63) is 42.5 Å². The molecule has 2 rings (SSSR count). The zero-order valence-corrected chi connectivity index (χ0v) is 12.3. The standard InChI is InChI=1S/C16H21N3O/c1-5-10-18-12-8-6-7-9-13(12)19(15(18)17)11-14(20)16(2,3)4/h5-9,17H,1,10-11H2,2-4H3. The van der Waals surface area contributed by atoms with E-state index in [2.05, 4.69) is 6.58 Å². The minimum Gasteiger partial charge on any atom is -0.307 e. The van der Waals surface area contributed by atoms with E-state index in [4.69, 9.17) is 5.41 Å². The van der Waals surface area contributed by atoms with Crippen molar-refractivity contribution in [2.24, 2.45) is 5.41 Å². The van der Waals surface area contributed by atoms with Gasteiger partial charge in [-0.3, -0.25) is 10.2 Å². The first-order chi connectivity index (χ1) is 9.36. The monoisotopic (exact) mass is 271 g/mol. The molecule has 4 heteroatoms. The number of fused-ring (bicyclic) bond motifs is 1. The Bertz CT molecular complexity index is 713. The summed E-state index contributed by atoms with van der Waals surface area (Å²) in [7, 11) is 0. The maximum absolute atomic E-state index is 12.3. The summed E-state index contributed by atoms with van der Waals surface area (Å²) in [6.07, 6.45) is 1.76. The lowest BCUT2D eigenvalue weighted by atomic mass is 9.91. The van der Waals surface area contributed by atoms with Crippen LogP contribution in [0.2, 0.25) is 0 Å². The molecule has 0 aliphatic rings. The van der Waals surface area contributed by atoms with Crippen LogP contribution in [0.4, 0.5) is 0 Å². The highest BCUT2D eigenvalue weighted by atomic mass is 16.1. The van der Waals surface area contributed by atoms with E-state index in [1.807, 2.05) is 49.6 Å². The molecular formula is C16H21N3O. The average Bonchev–Trinajstić information content (AvgIpc) is 2.64. The van der Waals surface area contributed by atoms with E-state index < -0.39 is 5.41 Å². The summed E-state index contributed by atoms with van der Waals surface area (Å²) in [6, 6.07) is 7.78. The van der Waals surface area contributed by atoms with Gasteiger partial charge in [-0.2, -0.15) is 0 Å². The molecule has 0 fully saturated rings. The highest BCUT2D eigenvalue weighted by molar-refractivity contribution is 5.85. The highest BCUT2D eigenvalue weighted by Gasteiger charge is 2.23. The number of carbonyl (C=O) groups excluding carboxylic acids is 1. The molecule has 0 saturated heterocycles. The minimum absolute atomic E-state index is 0.123.